The first-order chi connectivity index (χ1) is 12.8. The van der Waals surface area contributed by atoms with Crippen LogP contribution in [0.5, 0.6) is 0 Å². The lowest BCUT2D eigenvalue weighted by Gasteiger charge is -2.31. The zero-order chi connectivity index (χ0) is 17.5. The van der Waals surface area contributed by atoms with Crippen LogP contribution in [0.15, 0.2) is 48.9 Å². The summed E-state index contributed by atoms with van der Waals surface area (Å²) in [6.07, 6.45) is 8.51. The molecule has 3 aromatic heterocycles. The molecule has 0 bridgehead atoms. The molecular formula is C21H21ClN4. The molecule has 4 heterocycles. The number of benzene rings is 1. The molecule has 0 spiro atoms. The number of rotatable bonds is 3. The van der Waals surface area contributed by atoms with Crippen molar-refractivity contribution < 1.29 is 0 Å². The maximum Gasteiger partial charge on any atom is 0.137 e. The standard InChI is InChI=1S/C21H21ClN4/c22-16-3-4-17-15(11-24-20(17)10-16)13-26-8-5-14(6-9-26)19-12-25-21-18(19)2-1-7-23-21/h1-4,7,10-12,14,24H,5-6,8-9,13H2,(H,23,25). The number of halogens is 1. The molecule has 5 heteroatoms. The molecule has 1 aliphatic heterocycles. The van der Waals surface area contributed by atoms with Gasteiger partial charge < -0.3 is 9.97 Å². The Bertz CT molecular complexity index is 1060. The average molecular weight is 365 g/mol. The lowest BCUT2D eigenvalue weighted by molar-refractivity contribution is 0.206. The van der Waals surface area contributed by atoms with Gasteiger partial charge in [-0.3, -0.25) is 4.90 Å². The molecule has 0 atom stereocenters. The first kappa shape index (κ1) is 15.9. The third kappa shape index (κ3) is 2.79. The van der Waals surface area contributed by atoms with Gasteiger partial charge in [0.05, 0.1) is 0 Å². The van der Waals surface area contributed by atoms with Gasteiger partial charge in [0.1, 0.15) is 5.65 Å². The number of piperidine rings is 1. The second-order valence-corrected chi connectivity index (χ2v) is 7.63. The Balaban J connectivity index is 1.29. The summed E-state index contributed by atoms with van der Waals surface area (Å²) in [5, 5.41) is 3.33. The predicted molar refractivity (Wildman–Crippen MR) is 107 cm³/mol. The zero-order valence-corrected chi connectivity index (χ0v) is 15.3. The normalized spacial score (nSPS) is 16.7. The monoisotopic (exact) mass is 364 g/mol. The Morgan fingerprint density at radius 2 is 1.96 bits per heavy atom. The van der Waals surface area contributed by atoms with Crippen molar-refractivity contribution in [3.63, 3.8) is 0 Å². The van der Waals surface area contributed by atoms with Crippen LogP contribution in [-0.4, -0.2) is 32.9 Å². The van der Waals surface area contributed by atoms with Crippen LogP contribution in [0.2, 0.25) is 5.02 Å². The van der Waals surface area contributed by atoms with Gasteiger partial charge in [-0.15, -0.1) is 0 Å². The molecule has 5 rings (SSSR count). The number of fused-ring (bicyclic) bond motifs is 2. The van der Waals surface area contributed by atoms with E-state index in [4.69, 9.17) is 11.6 Å². The summed E-state index contributed by atoms with van der Waals surface area (Å²) in [6, 6.07) is 10.3. The van der Waals surface area contributed by atoms with Crippen LogP contribution in [0.4, 0.5) is 0 Å². The molecule has 0 amide bonds. The van der Waals surface area contributed by atoms with Crippen LogP contribution in [0.1, 0.15) is 29.9 Å². The highest BCUT2D eigenvalue weighted by Crippen LogP contribution is 2.33. The summed E-state index contributed by atoms with van der Waals surface area (Å²) in [5.41, 5.74) is 4.90. The molecule has 1 aromatic carbocycles. The predicted octanol–water partition coefficient (Wildman–Crippen LogP) is 5.08. The van der Waals surface area contributed by atoms with E-state index in [2.05, 4.69) is 44.4 Å². The molecule has 0 radical (unpaired) electrons. The van der Waals surface area contributed by atoms with Crippen LogP contribution in [0.3, 0.4) is 0 Å². The number of hydrogen-bond donors (Lipinski definition) is 2. The minimum absolute atomic E-state index is 0.617. The molecule has 0 unspecified atom stereocenters. The average Bonchev–Trinajstić information content (AvgIpc) is 3.26. The summed E-state index contributed by atoms with van der Waals surface area (Å²) < 4.78 is 0. The van der Waals surface area contributed by atoms with E-state index in [0.717, 1.165) is 35.8 Å². The van der Waals surface area contributed by atoms with Gasteiger partial charge in [-0.25, -0.2) is 4.98 Å². The summed E-state index contributed by atoms with van der Waals surface area (Å²) in [6.45, 7) is 3.24. The fourth-order valence-electron chi connectivity index (χ4n) is 4.25. The molecular weight excluding hydrogens is 344 g/mol. The van der Waals surface area contributed by atoms with Gasteiger partial charge in [-0.2, -0.15) is 0 Å². The first-order valence-electron chi connectivity index (χ1n) is 9.18. The molecule has 2 N–H and O–H groups in total. The van der Waals surface area contributed by atoms with E-state index < -0.39 is 0 Å². The number of likely N-dealkylation sites (tertiary alicyclic amines) is 1. The molecule has 0 saturated carbocycles. The van der Waals surface area contributed by atoms with Crippen molar-refractivity contribution >= 4 is 33.5 Å². The molecule has 4 aromatic rings. The van der Waals surface area contributed by atoms with Crippen LogP contribution < -0.4 is 0 Å². The van der Waals surface area contributed by atoms with E-state index in [9.17, 15) is 0 Å². The fourth-order valence-corrected chi connectivity index (χ4v) is 4.42. The molecule has 132 valence electrons. The molecule has 1 aliphatic rings. The van der Waals surface area contributed by atoms with Gasteiger partial charge in [-0.1, -0.05) is 17.7 Å². The van der Waals surface area contributed by atoms with E-state index in [1.54, 1.807) is 0 Å². The lowest BCUT2D eigenvalue weighted by atomic mass is 9.89. The van der Waals surface area contributed by atoms with Crippen LogP contribution in [0.25, 0.3) is 21.9 Å². The Kier molecular flexibility index (Phi) is 3.95. The van der Waals surface area contributed by atoms with E-state index in [-0.39, 0.29) is 0 Å². The quantitative estimate of drug-likeness (QED) is 0.532. The number of nitrogens with one attached hydrogen (secondary N) is 2. The summed E-state index contributed by atoms with van der Waals surface area (Å²) in [7, 11) is 0. The molecule has 1 saturated heterocycles. The second-order valence-electron chi connectivity index (χ2n) is 7.20. The van der Waals surface area contributed by atoms with Crippen LogP contribution in [-0.2, 0) is 6.54 Å². The molecule has 26 heavy (non-hydrogen) atoms. The Hall–Kier alpha value is -2.30. The Morgan fingerprint density at radius 1 is 1.08 bits per heavy atom. The number of nitrogens with zero attached hydrogens (tertiary/aromatic N) is 2. The number of H-pyrrole nitrogens is 2. The third-order valence-electron chi connectivity index (χ3n) is 5.63. The van der Waals surface area contributed by atoms with Gasteiger partial charge in [0.2, 0.25) is 0 Å². The van der Waals surface area contributed by atoms with Crippen molar-refractivity contribution in [1.82, 2.24) is 19.9 Å². The second kappa shape index (κ2) is 6.45. The van der Waals surface area contributed by atoms with E-state index in [1.807, 2.05) is 24.4 Å². The number of hydrogen-bond acceptors (Lipinski definition) is 2. The van der Waals surface area contributed by atoms with Crippen molar-refractivity contribution in [3.05, 3.63) is 65.1 Å². The van der Waals surface area contributed by atoms with Crippen molar-refractivity contribution in [2.75, 3.05) is 13.1 Å². The fraction of sp³-hybridized carbons (Fsp3) is 0.286. The largest absolute Gasteiger partial charge is 0.361 e. The number of pyridine rings is 1. The van der Waals surface area contributed by atoms with Gasteiger partial charge >= 0.3 is 0 Å². The van der Waals surface area contributed by atoms with Crippen molar-refractivity contribution in [2.45, 2.75) is 25.3 Å². The first-order valence-corrected chi connectivity index (χ1v) is 9.55. The summed E-state index contributed by atoms with van der Waals surface area (Å²) in [5.74, 6) is 0.617. The Morgan fingerprint density at radius 3 is 2.85 bits per heavy atom. The minimum Gasteiger partial charge on any atom is -0.361 e. The summed E-state index contributed by atoms with van der Waals surface area (Å²) in [4.78, 5) is 13.6. The van der Waals surface area contributed by atoms with E-state index in [0.29, 0.717) is 5.92 Å². The van der Waals surface area contributed by atoms with Crippen molar-refractivity contribution in [2.24, 2.45) is 0 Å². The minimum atomic E-state index is 0.617. The van der Waals surface area contributed by atoms with Gasteiger partial charge in [-0.05, 0) is 67.2 Å². The van der Waals surface area contributed by atoms with Gasteiger partial charge in [0.25, 0.3) is 0 Å². The van der Waals surface area contributed by atoms with Gasteiger partial charge in [0, 0.05) is 46.4 Å². The number of aromatic amines is 2. The highest BCUT2D eigenvalue weighted by Gasteiger charge is 2.23. The maximum atomic E-state index is 6.09. The van der Waals surface area contributed by atoms with Crippen molar-refractivity contribution in [1.29, 1.82) is 0 Å². The maximum absolute atomic E-state index is 6.09. The third-order valence-corrected chi connectivity index (χ3v) is 5.87. The van der Waals surface area contributed by atoms with Crippen LogP contribution >= 0.6 is 11.6 Å². The highest BCUT2D eigenvalue weighted by molar-refractivity contribution is 6.31. The lowest BCUT2D eigenvalue weighted by Crippen LogP contribution is -2.32. The topological polar surface area (TPSA) is 47.7 Å². The van der Waals surface area contributed by atoms with Crippen LogP contribution in [0, 0.1) is 0 Å². The molecule has 4 nitrogen and oxygen atoms in total. The zero-order valence-electron chi connectivity index (χ0n) is 14.5. The van der Waals surface area contributed by atoms with Gasteiger partial charge in [0.15, 0.2) is 0 Å². The SMILES string of the molecule is Clc1ccc2c(CN3CCC(c4c[nH]c5ncccc45)CC3)c[nH]c2c1. The highest BCUT2D eigenvalue weighted by atomic mass is 35.5. The number of aromatic nitrogens is 3. The van der Waals surface area contributed by atoms with E-state index >= 15 is 0 Å². The molecule has 0 aliphatic carbocycles. The molecule has 1 fully saturated rings. The summed E-state index contributed by atoms with van der Waals surface area (Å²) >= 11 is 6.09. The smallest absolute Gasteiger partial charge is 0.137 e. The van der Waals surface area contributed by atoms with E-state index in [1.165, 1.54) is 34.7 Å². The Labute approximate surface area is 157 Å². The van der Waals surface area contributed by atoms with Crippen molar-refractivity contribution in [3.8, 4) is 0 Å².